The Morgan fingerprint density at radius 1 is 0.542 bits per heavy atom. The highest BCUT2D eigenvalue weighted by atomic mass is 31.2. The first kappa shape index (κ1) is 47.9. The van der Waals surface area contributed by atoms with Crippen molar-refractivity contribution >= 4 is 7.82 Å². The van der Waals surface area contributed by atoms with Crippen LogP contribution in [0.5, 0.6) is 0 Å². The molecule has 0 aliphatic heterocycles. The fraction of sp³-hybridized carbons (Fsp3) is 1.00. The molecule has 3 unspecified atom stereocenters. The van der Waals surface area contributed by atoms with Crippen molar-refractivity contribution in [3.05, 3.63) is 0 Å². The molecule has 0 heterocycles. The van der Waals surface area contributed by atoms with E-state index in [4.69, 9.17) is 18.5 Å². The lowest BCUT2D eigenvalue weighted by Gasteiger charge is -2.25. The maximum absolute atomic E-state index is 12.5. The highest BCUT2D eigenvalue weighted by Crippen LogP contribution is 2.43. The van der Waals surface area contributed by atoms with Crippen LogP contribution in [0, 0.1) is 0 Å². The summed E-state index contributed by atoms with van der Waals surface area (Å²) in [6, 6.07) is 0. The van der Waals surface area contributed by atoms with E-state index < -0.39 is 26.5 Å². The Morgan fingerprint density at radius 3 is 1.31 bits per heavy atom. The van der Waals surface area contributed by atoms with Gasteiger partial charge in [-0.2, -0.15) is 0 Å². The van der Waals surface area contributed by atoms with Gasteiger partial charge in [0.05, 0.1) is 34.4 Å². The monoisotopic (exact) mass is 711 g/mol. The summed E-state index contributed by atoms with van der Waals surface area (Å²) < 4.78 is 34.8. The number of aliphatic hydroxyl groups excluding tert-OH is 2. The number of ether oxygens (including phenoxy) is 2. The smallest absolute Gasteiger partial charge is 0.368 e. The van der Waals surface area contributed by atoms with Gasteiger partial charge in [0.15, 0.2) is 12.6 Å². The summed E-state index contributed by atoms with van der Waals surface area (Å²) in [7, 11) is 1.59. The Balaban J connectivity index is 4.38. The number of phosphoric acid groups is 1. The summed E-state index contributed by atoms with van der Waals surface area (Å²) >= 11 is 0. The fourth-order valence-electron chi connectivity index (χ4n) is 5.68. The molecule has 0 aromatic heterocycles. The van der Waals surface area contributed by atoms with E-state index in [1.54, 1.807) is 0 Å². The third kappa shape index (κ3) is 35.7. The summed E-state index contributed by atoms with van der Waals surface area (Å²) in [6.07, 6.45) is 28.0. The van der Waals surface area contributed by atoms with Crippen molar-refractivity contribution in [1.82, 2.24) is 0 Å². The van der Waals surface area contributed by atoms with Crippen LogP contribution in [-0.2, 0) is 23.1 Å². The van der Waals surface area contributed by atoms with Crippen molar-refractivity contribution in [3.63, 3.8) is 0 Å². The van der Waals surface area contributed by atoms with Crippen LogP contribution in [0.15, 0.2) is 0 Å². The number of nitrogens with zero attached hydrogens (tertiary/aromatic N) is 1. The van der Waals surface area contributed by atoms with Gasteiger partial charge in [-0.25, -0.2) is 4.57 Å². The Bertz CT molecular complexity index is 723. The molecule has 0 saturated carbocycles. The Labute approximate surface area is 297 Å². The van der Waals surface area contributed by atoms with Crippen molar-refractivity contribution < 1.29 is 42.7 Å². The zero-order valence-electron chi connectivity index (χ0n) is 32.2. The zero-order valence-corrected chi connectivity index (χ0v) is 33.1. The SMILES string of the molecule is CCCCCCCCCCCCCCC(O)OC[C@H](COP(=O)(O)OCC[N+](C)(C)C)OC(O)CCCCCCCCCCCCCC. The van der Waals surface area contributed by atoms with Crippen LogP contribution in [0.1, 0.15) is 181 Å². The van der Waals surface area contributed by atoms with Crippen molar-refractivity contribution in [2.45, 2.75) is 199 Å². The predicted octanol–water partition coefficient (Wildman–Crippen LogP) is 10.0. The first-order chi connectivity index (χ1) is 23.0. The average Bonchev–Trinajstić information content (AvgIpc) is 3.02. The van der Waals surface area contributed by atoms with Gasteiger partial charge < -0.3 is 29.1 Å². The fourth-order valence-corrected chi connectivity index (χ4v) is 6.42. The van der Waals surface area contributed by atoms with E-state index in [1.807, 2.05) is 21.1 Å². The van der Waals surface area contributed by atoms with E-state index in [1.165, 1.54) is 116 Å². The molecule has 0 aromatic rings. The molecule has 0 radical (unpaired) electrons. The first-order valence-corrected chi connectivity index (χ1v) is 21.5. The van der Waals surface area contributed by atoms with Crippen LogP contribution in [0.2, 0.25) is 0 Å². The molecule has 10 heteroatoms. The lowest BCUT2D eigenvalue weighted by Crippen LogP contribution is -2.37. The highest BCUT2D eigenvalue weighted by molar-refractivity contribution is 7.47. The molecule has 0 saturated heterocycles. The van der Waals surface area contributed by atoms with Gasteiger partial charge in [-0.3, -0.25) is 9.05 Å². The van der Waals surface area contributed by atoms with Gasteiger partial charge in [0.1, 0.15) is 19.3 Å². The molecule has 0 fully saturated rings. The second kappa shape index (κ2) is 32.8. The van der Waals surface area contributed by atoms with E-state index in [0.29, 0.717) is 23.9 Å². The second-order valence-corrected chi connectivity index (χ2v) is 16.4. The van der Waals surface area contributed by atoms with E-state index in [2.05, 4.69) is 13.8 Å². The number of phosphoric ester groups is 1. The van der Waals surface area contributed by atoms with E-state index >= 15 is 0 Å². The van der Waals surface area contributed by atoms with Crippen LogP contribution >= 0.6 is 7.82 Å². The number of aliphatic hydroxyl groups is 2. The van der Waals surface area contributed by atoms with Gasteiger partial charge in [0.25, 0.3) is 0 Å². The van der Waals surface area contributed by atoms with Crippen molar-refractivity contribution in [2.75, 3.05) is 47.5 Å². The van der Waals surface area contributed by atoms with E-state index in [-0.39, 0.29) is 19.8 Å². The quantitative estimate of drug-likeness (QED) is 0.0251. The van der Waals surface area contributed by atoms with Gasteiger partial charge in [-0.05, 0) is 25.7 Å². The second-order valence-electron chi connectivity index (χ2n) is 15.0. The summed E-state index contributed by atoms with van der Waals surface area (Å²) in [5.41, 5.74) is 0. The molecule has 9 nitrogen and oxygen atoms in total. The third-order valence-corrected chi connectivity index (χ3v) is 9.86. The number of rotatable bonds is 38. The number of quaternary nitrogens is 1. The molecule has 0 spiro atoms. The van der Waals surface area contributed by atoms with Crippen LogP contribution in [0.25, 0.3) is 0 Å². The maximum Gasteiger partial charge on any atom is 0.472 e. The maximum atomic E-state index is 12.5. The molecule has 4 atom stereocenters. The molecule has 48 heavy (non-hydrogen) atoms. The topological polar surface area (TPSA) is 115 Å². The Morgan fingerprint density at radius 2 is 0.917 bits per heavy atom. The lowest BCUT2D eigenvalue weighted by atomic mass is 10.0. The van der Waals surface area contributed by atoms with Gasteiger partial charge in [0, 0.05) is 0 Å². The van der Waals surface area contributed by atoms with Crippen molar-refractivity contribution in [3.8, 4) is 0 Å². The number of hydrogen-bond donors (Lipinski definition) is 3. The van der Waals surface area contributed by atoms with Gasteiger partial charge in [0.2, 0.25) is 0 Å². The molecular weight excluding hydrogens is 629 g/mol. The minimum atomic E-state index is -4.31. The highest BCUT2D eigenvalue weighted by Gasteiger charge is 2.26. The molecule has 0 aliphatic carbocycles. The zero-order chi connectivity index (χ0) is 35.8. The van der Waals surface area contributed by atoms with Gasteiger partial charge in [-0.1, -0.05) is 155 Å². The third-order valence-electron chi connectivity index (χ3n) is 8.87. The van der Waals surface area contributed by atoms with Crippen LogP contribution in [0.3, 0.4) is 0 Å². The minimum Gasteiger partial charge on any atom is -0.368 e. The van der Waals surface area contributed by atoms with E-state index in [0.717, 1.165) is 38.5 Å². The van der Waals surface area contributed by atoms with E-state index in [9.17, 15) is 19.7 Å². The van der Waals surface area contributed by atoms with Gasteiger partial charge in [-0.15, -0.1) is 0 Å². The minimum absolute atomic E-state index is 0.0617. The molecule has 0 aromatic carbocycles. The van der Waals surface area contributed by atoms with Crippen LogP contribution in [-0.4, -0.2) is 85.8 Å². The summed E-state index contributed by atoms with van der Waals surface area (Å²) in [5.74, 6) is 0. The van der Waals surface area contributed by atoms with Gasteiger partial charge >= 0.3 is 7.82 Å². The van der Waals surface area contributed by atoms with Crippen LogP contribution < -0.4 is 0 Å². The molecular formula is C38H81NO8P+. The summed E-state index contributed by atoms with van der Waals surface area (Å²) in [5, 5.41) is 21.0. The normalized spacial score (nSPS) is 15.4. The largest absolute Gasteiger partial charge is 0.472 e. The number of hydrogen-bond acceptors (Lipinski definition) is 7. The number of unbranched alkanes of at least 4 members (excludes halogenated alkanes) is 22. The lowest BCUT2D eigenvalue weighted by molar-refractivity contribution is -0.870. The summed E-state index contributed by atoms with van der Waals surface area (Å²) in [4.78, 5) is 10.2. The van der Waals surface area contributed by atoms with Crippen molar-refractivity contribution in [1.29, 1.82) is 0 Å². The Hall–Kier alpha value is -0.0900. The summed E-state index contributed by atoms with van der Waals surface area (Å²) in [6.45, 7) is 4.76. The molecule has 0 bridgehead atoms. The molecule has 0 aliphatic rings. The Kier molecular flexibility index (Phi) is 32.7. The molecule has 0 rings (SSSR count). The molecule has 0 amide bonds. The first-order valence-electron chi connectivity index (χ1n) is 20.0. The molecule has 290 valence electrons. The van der Waals surface area contributed by atoms with Crippen molar-refractivity contribution in [2.24, 2.45) is 0 Å². The average molecular weight is 711 g/mol. The van der Waals surface area contributed by atoms with Crippen LogP contribution in [0.4, 0.5) is 0 Å². The predicted molar refractivity (Wildman–Crippen MR) is 199 cm³/mol. The number of likely N-dealkylation sites (N-methyl/N-ethyl adjacent to an activating group) is 1. The molecule has 3 N–H and O–H groups in total. The standard InChI is InChI=1S/C38H80NO8P/c1-6-8-10-12-14-16-18-20-22-24-26-28-30-37(40)44-34-36(35-46-48(42,43)45-33-32-39(3,4)5)47-38(41)31-29-27-25-23-21-19-17-15-13-11-9-7-2/h36-38,40-41H,6-35H2,1-5H3/p+1/t36-,37?,38?/m1/s1.